The highest BCUT2D eigenvalue weighted by Crippen LogP contribution is 2.34. The van der Waals surface area contributed by atoms with Crippen molar-refractivity contribution in [2.24, 2.45) is 5.73 Å². The Balaban J connectivity index is 2.36. The number of hydrogen-bond donors (Lipinski definition) is 2. The van der Waals surface area contributed by atoms with Gasteiger partial charge >= 0.3 is 5.97 Å². The third kappa shape index (κ3) is 1.88. The van der Waals surface area contributed by atoms with Crippen LogP contribution in [-0.2, 0) is 4.79 Å². The number of fused-ring (bicyclic) bond motifs is 1. The van der Waals surface area contributed by atoms with E-state index in [1.165, 1.54) is 0 Å². The van der Waals surface area contributed by atoms with Gasteiger partial charge in [-0.1, -0.05) is 18.2 Å². The molecule has 1 atom stereocenters. The van der Waals surface area contributed by atoms with E-state index in [0.717, 1.165) is 24.3 Å². The molecule has 1 heterocycles. The quantitative estimate of drug-likeness (QED) is 0.798. The maximum atomic E-state index is 11.1. The first-order valence-electron chi connectivity index (χ1n) is 5.50. The number of carboxylic acids is 1. The van der Waals surface area contributed by atoms with Gasteiger partial charge in [-0.2, -0.15) is 0 Å². The SMILES string of the molecule is NCCN1CCC(C(=O)O)c2ccccc21. The predicted octanol–water partition coefficient (Wildman–Crippen LogP) is 1.02. The molecule has 1 aliphatic heterocycles. The van der Waals surface area contributed by atoms with Gasteiger partial charge in [-0.3, -0.25) is 4.79 Å². The van der Waals surface area contributed by atoms with Crippen molar-refractivity contribution in [3.05, 3.63) is 29.8 Å². The molecule has 0 bridgehead atoms. The number of carboxylic acid groups (broad SMARTS) is 1. The summed E-state index contributed by atoms with van der Waals surface area (Å²) in [6.07, 6.45) is 0.659. The van der Waals surface area contributed by atoms with E-state index in [9.17, 15) is 4.79 Å². The van der Waals surface area contributed by atoms with Gasteiger partial charge in [-0.25, -0.2) is 0 Å². The summed E-state index contributed by atoms with van der Waals surface area (Å²) in [7, 11) is 0. The van der Waals surface area contributed by atoms with E-state index in [1.54, 1.807) is 0 Å². The fourth-order valence-electron chi connectivity index (χ4n) is 2.28. The Morgan fingerprint density at radius 2 is 2.25 bits per heavy atom. The van der Waals surface area contributed by atoms with Crippen molar-refractivity contribution >= 4 is 11.7 Å². The first-order chi connectivity index (χ1) is 7.74. The molecule has 0 saturated heterocycles. The highest BCUT2D eigenvalue weighted by molar-refractivity contribution is 5.80. The molecule has 2 rings (SSSR count). The lowest BCUT2D eigenvalue weighted by Gasteiger charge is -2.33. The molecule has 0 radical (unpaired) electrons. The molecule has 0 fully saturated rings. The minimum Gasteiger partial charge on any atom is -0.481 e. The van der Waals surface area contributed by atoms with Gasteiger partial charge in [0.05, 0.1) is 5.92 Å². The van der Waals surface area contributed by atoms with E-state index in [0.29, 0.717) is 13.0 Å². The number of para-hydroxylation sites is 1. The molecule has 1 aromatic rings. The molecule has 1 aromatic carbocycles. The summed E-state index contributed by atoms with van der Waals surface area (Å²) in [5, 5.41) is 9.16. The van der Waals surface area contributed by atoms with Crippen molar-refractivity contribution < 1.29 is 9.90 Å². The van der Waals surface area contributed by atoms with E-state index < -0.39 is 5.97 Å². The standard InChI is InChI=1S/C12H16N2O2/c13-6-8-14-7-5-10(12(15)16)9-3-1-2-4-11(9)14/h1-4,10H,5-8,13H2,(H,15,16). The highest BCUT2D eigenvalue weighted by atomic mass is 16.4. The van der Waals surface area contributed by atoms with E-state index in [-0.39, 0.29) is 5.92 Å². The largest absolute Gasteiger partial charge is 0.481 e. The van der Waals surface area contributed by atoms with E-state index in [4.69, 9.17) is 10.8 Å². The highest BCUT2D eigenvalue weighted by Gasteiger charge is 2.28. The summed E-state index contributed by atoms with van der Waals surface area (Å²) in [4.78, 5) is 13.3. The Bertz CT molecular complexity index is 392. The Labute approximate surface area is 94.7 Å². The van der Waals surface area contributed by atoms with Crippen LogP contribution in [0.2, 0.25) is 0 Å². The van der Waals surface area contributed by atoms with Gasteiger partial charge < -0.3 is 15.7 Å². The molecule has 0 spiro atoms. The number of rotatable bonds is 3. The molecule has 0 saturated carbocycles. The van der Waals surface area contributed by atoms with E-state index in [1.807, 2.05) is 24.3 Å². The van der Waals surface area contributed by atoms with Crippen LogP contribution in [0.25, 0.3) is 0 Å². The predicted molar refractivity (Wildman–Crippen MR) is 62.7 cm³/mol. The van der Waals surface area contributed by atoms with Gasteiger partial charge in [0.15, 0.2) is 0 Å². The molecular weight excluding hydrogens is 204 g/mol. The van der Waals surface area contributed by atoms with Gasteiger partial charge in [-0.15, -0.1) is 0 Å². The van der Waals surface area contributed by atoms with Crippen molar-refractivity contribution in [3.63, 3.8) is 0 Å². The van der Waals surface area contributed by atoms with Crippen LogP contribution in [-0.4, -0.2) is 30.7 Å². The molecule has 1 unspecified atom stereocenters. The number of anilines is 1. The summed E-state index contributed by atoms with van der Waals surface area (Å²) in [5.74, 6) is -1.11. The minimum atomic E-state index is -0.736. The lowest BCUT2D eigenvalue weighted by molar-refractivity contribution is -0.139. The lowest BCUT2D eigenvalue weighted by atomic mass is 9.90. The van der Waals surface area contributed by atoms with E-state index in [2.05, 4.69) is 4.90 Å². The van der Waals surface area contributed by atoms with Crippen LogP contribution >= 0.6 is 0 Å². The van der Waals surface area contributed by atoms with Gasteiger partial charge in [0.25, 0.3) is 0 Å². The molecule has 1 aliphatic rings. The lowest BCUT2D eigenvalue weighted by Crippen LogP contribution is -2.36. The molecule has 0 aromatic heterocycles. The molecule has 86 valence electrons. The zero-order valence-electron chi connectivity index (χ0n) is 9.10. The monoisotopic (exact) mass is 220 g/mol. The summed E-state index contributed by atoms with van der Waals surface area (Å²) in [5.41, 5.74) is 7.48. The van der Waals surface area contributed by atoms with Crippen LogP contribution in [0.5, 0.6) is 0 Å². The van der Waals surface area contributed by atoms with Crippen LogP contribution in [0.4, 0.5) is 5.69 Å². The van der Waals surface area contributed by atoms with Crippen molar-refractivity contribution in [3.8, 4) is 0 Å². The normalized spacial score (nSPS) is 19.3. The van der Waals surface area contributed by atoms with Crippen molar-refractivity contribution in [2.75, 3.05) is 24.5 Å². The number of nitrogens with two attached hydrogens (primary N) is 1. The number of benzene rings is 1. The van der Waals surface area contributed by atoms with Crippen LogP contribution in [0.15, 0.2) is 24.3 Å². The van der Waals surface area contributed by atoms with Crippen molar-refractivity contribution in [1.29, 1.82) is 0 Å². The Kier molecular flexibility index (Phi) is 3.10. The maximum Gasteiger partial charge on any atom is 0.311 e. The third-order valence-electron chi connectivity index (χ3n) is 3.04. The Morgan fingerprint density at radius 3 is 2.94 bits per heavy atom. The van der Waals surface area contributed by atoms with Gasteiger partial charge in [-0.05, 0) is 18.1 Å². The number of hydrogen-bond acceptors (Lipinski definition) is 3. The Hall–Kier alpha value is -1.55. The van der Waals surface area contributed by atoms with Crippen LogP contribution < -0.4 is 10.6 Å². The van der Waals surface area contributed by atoms with Gasteiger partial charge in [0.1, 0.15) is 0 Å². The fourth-order valence-corrected chi connectivity index (χ4v) is 2.28. The zero-order valence-corrected chi connectivity index (χ0v) is 9.10. The molecule has 0 amide bonds. The van der Waals surface area contributed by atoms with Crippen molar-refractivity contribution in [2.45, 2.75) is 12.3 Å². The molecule has 3 N–H and O–H groups in total. The second-order valence-electron chi connectivity index (χ2n) is 4.01. The van der Waals surface area contributed by atoms with Gasteiger partial charge in [0, 0.05) is 25.3 Å². The fraction of sp³-hybridized carbons (Fsp3) is 0.417. The second-order valence-corrected chi connectivity index (χ2v) is 4.01. The summed E-state index contributed by atoms with van der Waals surface area (Å²) >= 11 is 0. The second kappa shape index (κ2) is 4.53. The number of aliphatic carboxylic acids is 1. The third-order valence-corrected chi connectivity index (χ3v) is 3.04. The molecule has 16 heavy (non-hydrogen) atoms. The van der Waals surface area contributed by atoms with Crippen LogP contribution in [0.3, 0.4) is 0 Å². The number of nitrogens with zero attached hydrogens (tertiary/aromatic N) is 1. The van der Waals surface area contributed by atoms with Gasteiger partial charge in [0.2, 0.25) is 0 Å². The average Bonchev–Trinajstić information content (AvgIpc) is 2.29. The summed E-state index contributed by atoms with van der Waals surface area (Å²) in [6.45, 7) is 2.14. The summed E-state index contributed by atoms with van der Waals surface area (Å²) < 4.78 is 0. The molecular formula is C12H16N2O2. The molecule has 4 heteroatoms. The summed E-state index contributed by atoms with van der Waals surface area (Å²) in [6, 6.07) is 7.70. The van der Waals surface area contributed by atoms with Crippen LogP contribution in [0, 0.1) is 0 Å². The molecule has 0 aliphatic carbocycles. The topological polar surface area (TPSA) is 66.6 Å². The maximum absolute atomic E-state index is 11.1. The average molecular weight is 220 g/mol. The smallest absolute Gasteiger partial charge is 0.311 e. The number of carbonyl (C=O) groups is 1. The minimum absolute atomic E-state index is 0.370. The molecule has 4 nitrogen and oxygen atoms in total. The van der Waals surface area contributed by atoms with E-state index >= 15 is 0 Å². The first kappa shape index (κ1) is 11.0. The van der Waals surface area contributed by atoms with Crippen molar-refractivity contribution in [1.82, 2.24) is 0 Å². The first-order valence-corrected chi connectivity index (χ1v) is 5.50. The van der Waals surface area contributed by atoms with Crippen LogP contribution in [0.1, 0.15) is 17.9 Å². The zero-order chi connectivity index (χ0) is 11.5. The Morgan fingerprint density at radius 1 is 1.50 bits per heavy atom.